The van der Waals surface area contributed by atoms with Gasteiger partial charge in [-0.05, 0) is 64.7 Å². The lowest BCUT2D eigenvalue weighted by atomic mass is 10.1. The van der Waals surface area contributed by atoms with Gasteiger partial charge in [-0.1, -0.05) is 43.5 Å². The van der Waals surface area contributed by atoms with E-state index in [0.29, 0.717) is 12.0 Å². The quantitative estimate of drug-likeness (QED) is 0.325. The van der Waals surface area contributed by atoms with Gasteiger partial charge in [0.1, 0.15) is 0 Å². The summed E-state index contributed by atoms with van der Waals surface area (Å²) in [6.45, 7) is 27.6. The van der Waals surface area contributed by atoms with Crippen LogP contribution in [0.5, 0.6) is 0 Å². The van der Waals surface area contributed by atoms with Crippen LogP contribution in [0.4, 0.5) is 0 Å². The molecule has 3 rings (SSSR count). The Morgan fingerprint density at radius 1 is 1.12 bits per heavy atom. The lowest BCUT2D eigenvalue weighted by molar-refractivity contribution is 0.172. The van der Waals surface area contributed by atoms with Crippen LogP contribution < -0.4 is 0 Å². The van der Waals surface area contributed by atoms with Gasteiger partial charge in [-0.3, -0.25) is 14.9 Å². The summed E-state index contributed by atoms with van der Waals surface area (Å²) in [5.74, 6) is 0.686. The van der Waals surface area contributed by atoms with Crippen LogP contribution in [-0.4, -0.2) is 66.0 Å². The fourth-order valence-electron chi connectivity index (χ4n) is 4.66. The van der Waals surface area contributed by atoms with Gasteiger partial charge >= 0.3 is 0 Å². The third-order valence-corrected chi connectivity index (χ3v) is 6.76. The minimum absolute atomic E-state index is 0.392. The average Bonchev–Trinajstić information content (AvgIpc) is 3.59. The van der Waals surface area contributed by atoms with E-state index >= 15 is 0 Å². The van der Waals surface area contributed by atoms with Crippen LogP contribution in [0.3, 0.4) is 0 Å². The highest BCUT2D eigenvalue weighted by Crippen LogP contribution is 2.37. The van der Waals surface area contributed by atoms with Crippen LogP contribution in [0, 0.1) is 5.92 Å². The molecule has 3 aliphatic rings. The van der Waals surface area contributed by atoms with Crippen molar-refractivity contribution in [3.8, 4) is 0 Å². The van der Waals surface area contributed by atoms with E-state index in [1.165, 1.54) is 24.0 Å². The Morgan fingerprint density at radius 3 is 2.36 bits per heavy atom. The molecular weight excluding hydrogens is 406 g/mol. The molecule has 2 saturated heterocycles. The molecular formula is C28H41N5. The third-order valence-electron chi connectivity index (χ3n) is 6.76. The molecule has 0 bridgehead atoms. The number of nitrogens with zero attached hydrogens (tertiary/aromatic N) is 5. The highest BCUT2D eigenvalue weighted by Gasteiger charge is 2.26. The first-order chi connectivity index (χ1) is 15.8. The van der Waals surface area contributed by atoms with E-state index in [-0.39, 0.29) is 0 Å². The molecule has 0 aromatic heterocycles. The van der Waals surface area contributed by atoms with Gasteiger partial charge in [0, 0.05) is 61.9 Å². The molecule has 1 unspecified atom stereocenters. The maximum atomic E-state index is 4.90. The fourth-order valence-corrected chi connectivity index (χ4v) is 4.66. The van der Waals surface area contributed by atoms with Gasteiger partial charge in [-0.2, -0.15) is 5.10 Å². The highest BCUT2D eigenvalue weighted by atomic mass is 15.5. The zero-order chi connectivity index (χ0) is 24.0. The lowest BCUT2D eigenvalue weighted by Crippen LogP contribution is -2.46. The van der Waals surface area contributed by atoms with Gasteiger partial charge < -0.3 is 4.90 Å². The Kier molecular flexibility index (Phi) is 8.67. The molecule has 1 saturated carbocycles. The molecule has 0 N–H and O–H groups in total. The summed E-state index contributed by atoms with van der Waals surface area (Å²) in [5, 5.41) is 6.97. The smallest absolute Gasteiger partial charge is 0.0671 e. The van der Waals surface area contributed by atoms with Crippen molar-refractivity contribution in [2.45, 2.75) is 52.5 Å². The second-order valence-electron chi connectivity index (χ2n) is 9.59. The van der Waals surface area contributed by atoms with E-state index < -0.39 is 0 Å². The molecule has 0 aromatic rings. The topological polar surface area (TPSA) is 34.4 Å². The van der Waals surface area contributed by atoms with Gasteiger partial charge in [0.25, 0.3) is 0 Å². The Morgan fingerprint density at radius 2 is 1.82 bits per heavy atom. The first-order valence-corrected chi connectivity index (χ1v) is 12.2. The first-order valence-electron chi connectivity index (χ1n) is 12.2. The number of hydrogen-bond donors (Lipinski definition) is 0. The maximum absolute atomic E-state index is 4.90. The summed E-state index contributed by atoms with van der Waals surface area (Å²) in [6, 6.07) is 0.392. The number of hydrogen-bond acceptors (Lipinski definition) is 5. The highest BCUT2D eigenvalue weighted by molar-refractivity contribution is 6.02. The molecule has 0 amide bonds. The molecule has 178 valence electrons. The standard InChI is InChI=1S/C28H41N5/c1-8-9-28(24(5)30-33-22(3)10-11-23(33)4)25(6)32-16-14-31(15-17-32)20-21(2)18-27(19-29-7)26-12-13-26/h8-9,18-19,23,26H,1,3,6-7,10-17,20H2,2,4-5H3/b21-18-,27-19+,28-9+,30-24-. The molecule has 2 aliphatic heterocycles. The van der Waals surface area contributed by atoms with Crippen molar-refractivity contribution in [2.24, 2.45) is 16.0 Å². The second kappa shape index (κ2) is 11.5. The molecule has 33 heavy (non-hydrogen) atoms. The lowest BCUT2D eigenvalue weighted by Gasteiger charge is -2.38. The van der Waals surface area contributed by atoms with Gasteiger partial charge in [-0.25, -0.2) is 0 Å². The van der Waals surface area contributed by atoms with Crippen LogP contribution in [0.2, 0.25) is 0 Å². The summed E-state index contributed by atoms with van der Waals surface area (Å²) >= 11 is 0. The van der Waals surface area contributed by atoms with E-state index in [4.69, 9.17) is 5.10 Å². The molecule has 0 aromatic carbocycles. The van der Waals surface area contributed by atoms with Gasteiger partial charge in [0.05, 0.1) is 5.71 Å². The van der Waals surface area contributed by atoms with E-state index in [1.807, 2.05) is 18.4 Å². The number of allylic oxidation sites excluding steroid dienone is 6. The summed E-state index contributed by atoms with van der Waals surface area (Å²) < 4.78 is 0. The third kappa shape index (κ3) is 6.67. The van der Waals surface area contributed by atoms with Gasteiger partial charge in [-0.15, -0.1) is 0 Å². The Bertz CT molecular complexity index is 891. The maximum Gasteiger partial charge on any atom is 0.0671 e. The van der Waals surface area contributed by atoms with Gasteiger partial charge in [0.2, 0.25) is 0 Å². The number of hydrazone groups is 1. The number of piperazine rings is 1. The fraction of sp³-hybridized carbons (Fsp3) is 0.500. The minimum Gasteiger partial charge on any atom is -0.369 e. The van der Waals surface area contributed by atoms with Crippen molar-refractivity contribution in [2.75, 3.05) is 32.7 Å². The molecule has 1 aliphatic carbocycles. The predicted octanol–water partition coefficient (Wildman–Crippen LogP) is 5.54. The molecule has 5 nitrogen and oxygen atoms in total. The van der Waals surface area contributed by atoms with Crippen molar-refractivity contribution >= 4 is 12.4 Å². The van der Waals surface area contributed by atoms with Crippen LogP contribution in [0.1, 0.15) is 46.5 Å². The monoisotopic (exact) mass is 447 g/mol. The van der Waals surface area contributed by atoms with Crippen LogP contribution in [-0.2, 0) is 0 Å². The van der Waals surface area contributed by atoms with E-state index in [2.05, 4.69) is 73.1 Å². The zero-order valence-electron chi connectivity index (χ0n) is 20.9. The summed E-state index contributed by atoms with van der Waals surface area (Å²) in [4.78, 5) is 8.90. The average molecular weight is 448 g/mol. The second-order valence-corrected chi connectivity index (χ2v) is 9.59. The van der Waals surface area contributed by atoms with Crippen LogP contribution in [0.15, 0.2) is 82.4 Å². The van der Waals surface area contributed by atoms with Crippen LogP contribution >= 0.6 is 0 Å². The number of aliphatic imine (C=N–C) groups is 1. The van der Waals surface area contributed by atoms with Crippen molar-refractivity contribution < 1.29 is 0 Å². The van der Waals surface area contributed by atoms with Crippen LogP contribution in [0.25, 0.3) is 0 Å². The summed E-state index contributed by atoms with van der Waals surface area (Å²) in [5.41, 5.74) is 6.85. The normalized spacial score (nSPS) is 23.8. The van der Waals surface area contributed by atoms with E-state index in [9.17, 15) is 0 Å². The van der Waals surface area contributed by atoms with Crippen molar-refractivity contribution in [1.82, 2.24) is 14.8 Å². The van der Waals surface area contributed by atoms with Gasteiger partial charge in [0.15, 0.2) is 0 Å². The first kappa shape index (κ1) is 25.0. The SMILES string of the molecule is C=C/C=C(C(=C)N1CCN(C/C(C)=C\C(=C/N=C)C2CC2)CC1)\C(C)=N/N1C(=C)CCC1C. The molecule has 0 spiro atoms. The van der Waals surface area contributed by atoms with Crippen molar-refractivity contribution in [3.05, 3.63) is 72.3 Å². The van der Waals surface area contributed by atoms with E-state index in [0.717, 1.165) is 68.2 Å². The molecule has 3 fully saturated rings. The molecule has 0 radical (unpaired) electrons. The number of rotatable bonds is 10. The minimum atomic E-state index is 0.392. The summed E-state index contributed by atoms with van der Waals surface area (Å²) in [7, 11) is 0. The van der Waals surface area contributed by atoms with Crippen molar-refractivity contribution in [1.29, 1.82) is 0 Å². The Labute approximate surface area is 200 Å². The van der Waals surface area contributed by atoms with E-state index in [1.54, 1.807) is 0 Å². The zero-order valence-corrected chi connectivity index (χ0v) is 20.9. The Balaban J connectivity index is 1.59. The Hall–Kier alpha value is -2.66. The summed E-state index contributed by atoms with van der Waals surface area (Å²) in [6.07, 6.45) is 12.8. The van der Waals surface area contributed by atoms with Crippen molar-refractivity contribution in [3.63, 3.8) is 0 Å². The molecule has 2 heterocycles. The largest absolute Gasteiger partial charge is 0.369 e. The predicted molar refractivity (Wildman–Crippen MR) is 142 cm³/mol. The molecule has 1 atom stereocenters. The molecule has 5 heteroatoms.